The first-order chi connectivity index (χ1) is 12.7. The molecule has 3 heterocycles. The van der Waals surface area contributed by atoms with Crippen LogP contribution in [0.4, 0.5) is 0 Å². The normalized spacial score (nSPS) is 16.5. The second-order valence-electron chi connectivity index (χ2n) is 6.66. The molecular formula is C21H23N3O2. The minimum Gasteiger partial charge on any atom is -0.481 e. The fraction of sp³-hybridized carbons (Fsp3) is 0.333. The van der Waals surface area contributed by atoms with E-state index in [0.29, 0.717) is 18.0 Å². The van der Waals surface area contributed by atoms with Gasteiger partial charge >= 0.3 is 0 Å². The van der Waals surface area contributed by atoms with Gasteiger partial charge in [-0.25, -0.2) is 4.98 Å². The van der Waals surface area contributed by atoms with E-state index in [9.17, 15) is 4.79 Å². The molecule has 1 aliphatic rings. The Labute approximate surface area is 153 Å². The lowest BCUT2D eigenvalue weighted by atomic mass is 10.0. The summed E-state index contributed by atoms with van der Waals surface area (Å²) < 4.78 is 7.59. The lowest BCUT2D eigenvalue weighted by Crippen LogP contribution is -2.42. The maximum absolute atomic E-state index is 13.5. The molecule has 0 N–H and O–H groups in total. The molecule has 0 saturated heterocycles. The highest BCUT2D eigenvalue weighted by atomic mass is 16.5. The number of amides is 1. The van der Waals surface area contributed by atoms with E-state index in [1.165, 1.54) is 5.69 Å². The van der Waals surface area contributed by atoms with E-state index in [0.717, 1.165) is 30.3 Å². The van der Waals surface area contributed by atoms with E-state index in [1.807, 2.05) is 29.2 Å². The molecule has 5 nitrogen and oxygen atoms in total. The molecule has 134 valence electrons. The van der Waals surface area contributed by atoms with Gasteiger partial charge in [-0.2, -0.15) is 0 Å². The fourth-order valence-electron chi connectivity index (χ4n) is 3.87. The first-order valence-electron chi connectivity index (χ1n) is 9.12. The summed E-state index contributed by atoms with van der Waals surface area (Å²) in [5, 5.41) is 0.870. The highest BCUT2D eigenvalue weighted by Gasteiger charge is 2.31. The van der Waals surface area contributed by atoms with Crippen LogP contribution in [-0.2, 0) is 6.54 Å². The molecule has 0 unspecified atom stereocenters. The lowest BCUT2D eigenvalue weighted by Gasteiger charge is -2.37. The molecule has 0 spiro atoms. The number of fused-ring (bicyclic) bond motifs is 2. The van der Waals surface area contributed by atoms with Gasteiger partial charge in [0.25, 0.3) is 5.91 Å². The Bertz CT molecular complexity index is 947. The number of nitrogens with zero attached hydrogens (tertiary/aromatic N) is 3. The third kappa shape index (κ3) is 2.73. The van der Waals surface area contributed by atoms with E-state index < -0.39 is 0 Å². The topological polar surface area (TPSA) is 47.4 Å². The molecule has 1 aliphatic heterocycles. The van der Waals surface area contributed by atoms with Crippen LogP contribution in [0, 0.1) is 0 Å². The summed E-state index contributed by atoms with van der Waals surface area (Å²) >= 11 is 0. The number of benzene rings is 1. The molecule has 4 rings (SSSR count). The van der Waals surface area contributed by atoms with E-state index in [1.54, 1.807) is 13.2 Å². The van der Waals surface area contributed by atoms with Crippen LogP contribution in [-0.4, -0.2) is 34.0 Å². The highest BCUT2D eigenvalue weighted by Crippen LogP contribution is 2.33. The number of para-hydroxylation sites is 1. The van der Waals surface area contributed by atoms with Gasteiger partial charge < -0.3 is 14.2 Å². The van der Waals surface area contributed by atoms with E-state index in [2.05, 4.69) is 34.8 Å². The molecule has 0 aliphatic carbocycles. The zero-order valence-electron chi connectivity index (χ0n) is 15.2. The van der Waals surface area contributed by atoms with Gasteiger partial charge in [-0.05, 0) is 24.6 Å². The predicted molar refractivity (Wildman–Crippen MR) is 101 cm³/mol. The Morgan fingerprint density at radius 3 is 2.88 bits per heavy atom. The molecule has 1 amide bonds. The number of aromatic nitrogens is 2. The number of hydrogen-bond donors (Lipinski definition) is 0. The Balaban J connectivity index is 1.79. The smallest absolute Gasteiger partial charge is 0.255 e. The van der Waals surface area contributed by atoms with Crippen molar-refractivity contribution in [1.82, 2.24) is 14.5 Å². The molecular weight excluding hydrogens is 326 g/mol. The molecule has 0 saturated carbocycles. The highest BCUT2D eigenvalue weighted by molar-refractivity contribution is 6.06. The van der Waals surface area contributed by atoms with Crippen LogP contribution in [0.25, 0.3) is 10.9 Å². The third-order valence-electron chi connectivity index (χ3n) is 5.12. The van der Waals surface area contributed by atoms with E-state index in [4.69, 9.17) is 4.74 Å². The van der Waals surface area contributed by atoms with Gasteiger partial charge in [-0.1, -0.05) is 31.5 Å². The summed E-state index contributed by atoms with van der Waals surface area (Å²) in [6.45, 7) is 3.70. The van der Waals surface area contributed by atoms with Crippen LogP contribution in [0.2, 0.25) is 0 Å². The van der Waals surface area contributed by atoms with Crippen molar-refractivity contribution in [3.8, 4) is 5.88 Å². The molecule has 1 aromatic carbocycles. The quantitative estimate of drug-likeness (QED) is 0.714. The zero-order valence-corrected chi connectivity index (χ0v) is 15.2. The Hall–Kier alpha value is -2.82. The molecule has 26 heavy (non-hydrogen) atoms. The standard InChI is InChI=1S/C21H23N3O2/c1-3-7-19-18-10-6-11-23(18)12-13-24(19)21(25)16-14-20(26-2)22-17-9-5-4-8-15(16)17/h4-6,8-11,14,19H,3,7,12-13H2,1-2H3/t19-/m0/s1. The van der Waals surface area contributed by atoms with Gasteiger partial charge in [0.2, 0.25) is 5.88 Å². The molecule has 0 bridgehead atoms. The second-order valence-corrected chi connectivity index (χ2v) is 6.66. The van der Waals surface area contributed by atoms with Crippen LogP contribution < -0.4 is 4.74 Å². The van der Waals surface area contributed by atoms with Crippen molar-refractivity contribution in [2.24, 2.45) is 0 Å². The average molecular weight is 349 g/mol. The van der Waals surface area contributed by atoms with E-state index in [-0.39, 0.29) is 11.9 Å². The summed E-state index contributed by atoms with van der Waals surface area (Å²) in [6.07, 6.45) is 4.08. The second kappa shape index (κ2) is 6.83. The van der Waals surface area contributed by atoms with Crippen LogP contribution in [0.3, 0.4) is 0 Å². The van der Waals surface area contributed by atoms with Crippen molar-refractivity contribution in [3.63, 3.8) is 0 Å². The molecule has 2 aromatic heterocycles. The van der Waals surface area contributed by atoms with Crippen LogP contribution >= 0.6 is 0 Å². The van der Waals surface area contributed by atoms with Crippen molar-refractivity contribution < 1.29 is 9.53 Å². The zero-order chi connectivity index (χ0) is 18.1. The molecule has 0 fully saturated rings. The molecule has 0 radical (unpaired) electrons. The van der Waals surface area contributed by atoms with Crippen LogP contribution in [0.5, 0.6) is 5.88 Å². The van der Waals surface area contributed by atoms with Gasteiger partial charge in [0, 0.05) is 36.4 Å². The number of carbonyl (C=O) groups excluding carboxylic acids is 1. The van der Waals surface area contributed by atoms with Crippen LogP contribution in [0.1, 0.15) is 41.9 Å². The van der Waals surface area contributed by atoms with Crippen molar-refractivity contribution >= 4 is 16.8 Å². The monoisotopic (exact) mass is 349 g/mol. The van der Waals surface area contributed by atoms with Crippen molar-refractivity contribution in [2.75, 3.05) is 13.7 Å². The van der Waals surface area contributed by atoms with Gasteiger partial charge in [0.1, 0.15) is 0 Å². The van der Waals surface area contributed by atoms with E-state index >= 15 is 0 Å². The Morgan fingerprint density at radius 1 is 1.23 bits per heavy atom. The maximum Gasteiger partial charge on any atom is 0.255 e. The first kappa shape index (κ1) is 16.6. The fourth-order valence-corrected chi connectivity index (χ4v) is 3.87. The number of rotatable bonds is 4. The minimum atomic E-state index is 0.0489. The number of pyridine rings is 1. The maximum atomic E-state index is 13.5. The lowest BCUT2D eigenvalue weighted by molar-refractivity contribution is 0.0612. The van der Waals surface area contributed by atoms with Crippen molar-refractivity contribution in [2.45, 2.75) is 32.4 Å². The largest absolute Gasteiger partial charge is 0.481 e. The molecule has 5 heteroatoms. The number of hydrogen-bond acceptors (Lipinski definition) is 3. The van der Waals surface area contributed by atoms with Gasteiger partial charge in [-0.3, -0.25) is 4.79 Å². The minimum absolute atomic E-state index is 0.0489. The number of methoxy groups -OCH3 is 1. The summed E-state index contributed by atoms with van der Waals surface area (Å²) in [4.78, 5) is 20.0. The Kier molecular flexibility index (Phi) is 4.37. The average Bonchev–Trinajstić information content (AvgIpc) is 3.16. The predicted octanol–water partition coefficient (Wildman–Crippen LogP) is 4.04. The summed E-state index contributed by atoms with van der Waals surface area (Å²) in [6, 6.07) is 13.8. The summed E-state index contributed by atoms with van der Waals surface area (Å²) in [5.41, 5.74) is 2.66. The van der Waals surface area contributed by atoms with Gasteiger partial charge in [0.15, 0.2) is 0 Å². The SMILES string of the molecule is CCC[C@H]1c2cccn2CCN1C(=O)c1cc(OC)nc2ccccc12. The number of ether oxygens (including phenoxy) is 1. The summed E-state index contributed by atoms with van der Waals surface area (Å²) in [7, 11) is 1.58. The third-order valence-corrected chi connectivity index (χ3v) is 5.12. The first-order valence-corrected chi connectivity index (χ1v) is 9.12. The Morgan fingerprint density at radius 2 is 2.08 bits per heavy atom. The molecule has 3 aromatic rings. The van der Waals surface area contributed by atoms with Gasteiger partial charge in [-0.15, -0.1) is 0 Å². The summed E-state index contributed by atoms with van der Waals surface area (Å²) in [5.74, 6) is 0.521. The van der Waals surface area contributed by atoms with Crippen molar-refractivity contribution in [1.29, 1.82) is 0 Å². The van der Waals surface area contributed by atoms with Crippen LogP contribution in [0.15, 0.2) is 48.7 Å². The molecule has 1 atom stereocenters. The van der Waals surface area contributed by atoms with Gasteiger partial charge in [0.05, 0.1) is 24.2 Å². The van der Waals surface area contributed by atoms with Crippen molar-refractivity contribution in [3.05, 3.63) is 59.9 Å². The number of carbonyl (C=O) groups is 1.